The summed E-state index contributed by atoms with van der Waals surface area (Å²) in [5.41, 5.74) is 1.32. The molecule has 0 saturated heterocycles. The molecule has 5 heteroatoms. The van der Waals surface area contributed by atoms with Gasteiger partial charge in [-0.25, -0.2) is 4.98 Å². The van der Waals surface area contributed by atoms with Crippen molar-refractivity contribution in [2.24, 2.45) is 0 Å². The maximum absolute atomic E-state index is 4.40. The van der Waals surface area contributed by atoms with Crippen LogP contribution in [0.5, 0.6) is 0 Å². The highest BCUT2D eigenvalue weighted by atomic mass is 32.2. The smallest absolute Gasteiger partial charge is 0.183 e. The van der Waals surface area contributed by atoms with Crippen molar-refractivity contribution in [2.75, 3.05) is 11.5 Å². The van der Waals surface area contributed by atoms with Crippen LogP contribution in [0, 0.1) is 0 Å². The maximum Gasteiger partial charge on any atom is 0.183 e. The van der Waals surface area contributed by atoms with E-state index in [0.29, 0.717) is 5.92 Å². The molecule has 1 aromatic carbocycles. The van der Waals surface area contributed by atoms with Gasteiger partial charge in [0, 0.05) is 11.7 Å². The van der Waals surface area contributed by atoms with Gasteiger partial charge in [0.2, 0.25) is 0 Å². The zero-order chi connectivity index (χ0) is 11.2. The molecule has 1 atom stereocenters. The van der Waals surface area contributed by atoms with Gasteiger partial charge in [0.15, 0.2) is 5.16 Å². The molecule has 0 bridgehead atoms. The molecule has 1 aromatic heterocycles. The molecule has 0 aliphatic heterocycles. The highest BCUT2D eigenvalue weighted by Gasteiger charge is 2.10. The highest BCUT2D eigenvalue weighted by molar-refractivity contribution is 7.99. The third kappa shape index (κ3) is 3.02. The van der Waals surface area contributed by atoms with Gasteiger partial charge in [-0.15, -0.1) is 0 Å². The van der Waals surface area contributed by atoms with Gasteiger partial charge in [-0.05, 0) is 11.3 Å². The molecule has 0 amide bonds. The van der Waals surface area contributed by atoms with E-state index in [-0.39, 0.29) is 0 Å². The summed E-state index contributed by atoms with van der Waals surface area (Å²) < 4.78 is 0. The minimum absolute atomic E-state index is 0.444. The van der Waals surface area contributed by atoms with Crippen molar-refractivity contribution in [3.8, 4) is 0 Å². The molecule has 0 aliphatic carbocycles. The minimum atomic E-state index is 0.444. The van der Waals surface area contributed by atoms with Gasteiger partial charge in [0.25, 0.3) is 0 Å². The second-order valence-corrected chi connectivity index (χ2v) is 4.77. The Bertz CT molecular complexity index is 402. The fourth-order valence-electron chi connectivity index (χ4n) is 1.42. The maximum atomic E-state index is 4.40. The van der Waals surface area contributed by atoms with E-state index in [4.69, 9.17) is 0 Å². The monoisotopic (exact) mass is 251 g/mol. The molecule has 0 fully saturated rings. The molecule has 1 unspecified atom stereocenters. The van der Waals surface area contributed by atoms with Gasteiger partial charge in [0.05, 0.1) is 0 Å². The average Bonchev–Trinajstić information content (AvgIpc) is 2.84. The van der Waals surface area contributed by atoms with E-state index in [9.17, 15) is 0 Å². The summed E-state index contributed by atoms with van der Waals surface area (Å²) >= 11 is 6.08. The van der Waals surface area contributed by atoms with Gasteiger partial charge >= 0.3 is 0 Å². The van der Waals surface area contributed by atoms with Crippen molar-refractivity contribution in [1.29, 1.82) is 0 Å². The van der Waals surface area contributed by atoms with Crippen molar-refractivity contribution >= 4 is 24.4 Å². The van der Waals surface area contributed by atoms with Crippen LogP contribution in [0.4, 0.5) is 0 Å². The van der Waals surface area contributed by atoms with Crippen molar-refractivity contribution in [1.82, 2.24) is 15.2 Å². The number of H-pyrrole nitrogens is 1. The van der Waals surface area contributed by atoms with Crippen LogP contribution in [0.3, 0.4) is 0 Å². The van der Waals surface area contributed by atoms with Gasteiger partial charge in [-0.3, -0.25) is 5.10 Å². The zero-order valence-electron chi connectivity index (χ0n) is 8.71. The summed E-state index contributed by atoms with van der Waals surface area (Å²) in [5.74, 6) is 2.24. The largest absolute Gasteiger partial charge is 0.254 e. The van der Waals surface area contributed by atoms with E-state index in [2.05, 4.69) is 52.1 Å². The average molecular weight is 251 g/mol. The van der Waals surface area contributed by atoms with Gasteiger partial charge in [-0.2, -0.15) is 17.7 Å². The first-order valence-corrected chi connectivity index (χ1v) is 6.66. The Balaban J connectivity index is 1.96. The van der Waals surface area contributed by atoms with Crippen LogP contribution in [0.15, 0.2) is 41.8 Å². The molecule has 0 saturated carbocycles. The Hall–Kier alpha value is -0.940. The van der Waals surface area contributed by atoms with Gasteiger partial charge < -0.3 is 0 Å². The molecule has 1 heterocycles. The van der Waals surface area contributed by atoms with Crippen LogP contribution in [0.25, 0.3) is 0 Å². The normalized spacial score (nSPS) is 12.6. The molecule has 84 valence electrons. The Kier molecular flexibility index (Phi) is 4.30. The Morgan fingerprint density at radius 1 is 1.31 bits per heavy atom. The Morgan fingerprint density at radius 2 is 2.12 bits per heavy atom. The van der Waals surface area contributed by atoms with Crippen molar-refractivity contribution in [3.63, 3.8) is 0 Å². The molecule has 2 rings (SSSR count). The van der Waals surface area contributed by atoms with E-state index in [0.717, 1.165) is 16.7 Å². The summed E-state index contributed by atoms with van der Waals surface area (Å²) in [6, 6.07) is 10.4. The minimum Gasteiger partial charge on any atom is -0.254 e. The first-order valence-electron chi connectivity index (χ1n) is 5.04. The standard InChI is InChI=1S/C11H13N3S2/c15-6-10(9-4-2-1-3-5-9)7-16-11-12-8-13-14-11/h1-5,8,10,15H,6-7H2,(H,12,13,14). The number of rotatable bonds is 5. The van der Waals surface area contributed by atoms with Crippen LogP contribution in [0.2, 0.25) is 0 Å². The number of hydrogen-bond donors (Lipinski definition) is 2. The number of aromatic amines is 1. The molecule has 0 radical (unpaired) electrons. The third-order valence-electron chi connectivity index (χ3n) is 2.31. The number of nitrogens with one attached hydrogen (secondary N) is 1. The van der Waals surface area contributed by atoms with Crippen molar-refractivity contribution in [2.45, 2.75) is 11.1 Å². The molecular formula is C11H13N3S2. The Labute approximate surface area is 104 Å². The van der Waals surface area contributed by atoms with Crippen LogP contribution < -0.4 is 0 Å². The number of nitrogens with zero attached hydrogens (tertiary/aromatic N) is 2. The molecule has 0 aliphatic rings. The third-order valence-corrected chi connectivity index (χ3v) is 3.79. The topological polar surface area (TPSA) is 41.6 Å². The number of aromatic nitrogens is 3. The van der Waals surface area contributed by atoms with Crippen LogP contribution in [0.1, 0.15) is 11.5 Å². The van der Waals surface area contributed by atoms with Gasteiger partial charge in [-0.1, -0.05) is 42.1 Å². The SMILES string of the molecule is SCC(CSc1ncn[nH]1)c1ccccc1. The molecule has 0 spiro atoms. The zero-order valence-corrected chi connectivity index (χ0v) is 10.4. The summed E-state index contributed by atoms with van der Waals surface area (Å²) in [4.78, 5) is 4.09. The predicted octanol–water partition coefficient (Wildman–Crippen LogP) is 2.61. The lowest BCUT2D eigenvalue weighted by molar-refractivity contribution is 0.889. The first-order chi connectivity index (χ1) is 7.90. The molecule has 1 N–H and O–H groups in total. The van der Waals surface area contributed by atoms with E-state index < -0.39 is 0 Å². The quantitative estimate of drug-likeness (QED) is 0.634. The summed E-state index contributed by atoms with van der Waals surface area (Å²) in [5, 5.41) is 7.53. The van der Waals surface area contributed by atoms with E-state index in [1.165, 1.54) is 11.9 Å². The second kappa shape index (κ2) is 5.96. The van der Waals surface area contributed by atoms with Crippen LogP contribution in [-0.4, -0.2) is 26.7 Å². The first kappa shape index (κ1) is 11.5. The van der Waals surface area contributed by atoms with Crippen LogP contribution in [-0.2, 0) is 0 Å². The van der Waals surface area contributed by atoms with Crippen molar-refractivity contribution < 1.29 is 0 Å². The number of hydrogen-bond acceptors (Lipinski definition) is 4. The highest BCUT2D eigenvalue weighted by Crippen LogP contribution is 2.24. The number of thiol groups is 1. The van der Waals surface area contributed by atoms with Gasteiger partial charge in [0.1, 0.15) is 6.33 Å². The van der Waals surface area contributed by atoms with E-state index in [1.54, 1.807) is 11.8 Å². The predicted molar refractivity (Wildman–Crippen MR) is 70.1 cm³/mol. The molecule has 3 nitrogen and oxygen atoms in total. The number of benzene rings is 1. The second-order valence-electron chi connectivity index (χ2n) is 3.39. The summed E-state index contributed by atoms with van der Waals surface area (Å²) in [6.07, 6.45) is 1.53. The molecule has 2 aromatic rings. The fourth-order valence-corrected chi connectivity index (χ4v) is 2.85. The fraction of sp³-hybridized carbons (Fsp3) is 0.273. The summed E-state index contributed by atoms with van der Waals surface area (Å²) in [7, 11) is 0. The van der Waals surface area contributed by atoms with Crippen molar-refractivity contribution in [3.05, 3.63) is 42.2 Å². The summed E-state index contributed by atoms with van der Waals surface area (Å²) in [6.45, 7) is 0. The number of thioether (sulfide) groups is 1. The lowest BCUT2D eigenvalue weighted by atomic mass is 10.0. The van der Waals surface area contributed by atoms with E-state index in [1.807, 2.05) is 6.07 Å². The molecular weight excluding hydrogens is 238 g/mol. The lowest BCUT2D eigenvalue weighted by Crippen LogP contribution is -2.03. The molecule has 16 heavy (non-hydrogen) atoms. The van der Waals surface area contributed by atoms with Crippen LogP contribution >= 0.6 is 24.4 Å². The lowest BCUT2D eigenvalue weighted by Gasteiger charge is -2.13. The Morgan fingerprint density at radius 3 is 2.75 bits per heavy atom. The van der Waals surface area contributed by atoms with E-state index >= 15 is 0 Å².